The summed E-state index contributed by atoms with van der Waals surface area (Å²) in [5.41, 5.74) is 0.246. The van der Waals surface area contributed by atoms with Crippen LogP contribution in [0.2, 0.25) is 10.0 Å². The van der Waals surface area contributed by atoms with E-state index in [0.29, 0.717) is 22.3 Å². The molecule has 3 nitrogen and oxygen atoms in total. The molecule has 0 bridgehead atoms. The van der Waals surface area contributed by atoms with Crippen LogP contribution in [0.15, 0.2) is 42.5 Å². The van der Waals surface area contributed by atoms with Crippen molar-refractivity contribution in [2.24, 2.45) is 0 Å². The van der Waals surface area contributed by atoms with E-state index in [1.165, 1.54) is 12.1 Å². The van der Waals surface area contributed by atoms with Crippen molar-refractivity contribution in [2.45, 2.75) is 11.6 Å². The van der Waals surface area contributed by atoms with Gasteiger partial charge in [0, 0.05) is 23.5 Å². The van der Waals surface area contributed by atoms with Gasteiger partial charge < -0.3 is 10.2 Å². The van der Waals surface area contributed by atoms with Crippen LogP contribution < -0.4 is 5.32 Å². The van der Waals surface area contributed by atoms with Crippen molar-refractivity contribution in [1.29, 1.82) is 0 Å². The maximum atomic E-state index is 12.6. The first-order chi connectivity index (χ1) is 12.3. The van der Waals surface area contributed by atoms with Crippen LogP contribution in [0.4, 0.5) is 23.7 Å². The highest BCUT2D eigenvalue weighted by Crippen LogP contribution is 2.43. The first-order valence-corrected chi connectivity index (χ1v) is 9.38. The van der Waals surface area contributed by atoms with Crippen LogP contribution in [0.25, 0.3) is 0 Å². The number of alkyl halides is 3. The van der Waals surface area contributed by atoms with Gasteiger partial charge in [0.2, 0.25) is 0 Å². The zero-order chi connectivity index (χ0) is 18.9. The summed E-state index contributed by atoms with van der Waals surface area (Å²) in [5, 5.41) is 3.11. The molecule has 0 spiro atoms. The first-order valence-electron chi connectivity index (χ1n) is 7.58. The normalized spacial score (nSPS) is 17.4. The molecule has 0 aromatic heterocycles. The van der Waals surface area contributed by atoms with E-state index in [0.717, 1.165) is 17.7 Å². The predicted octanol–water partition coefficient (Wildman–Crippen LogP) is 6.29. The van der Waals surface area contributed by atoms with Gasteiger partial charge in [-0.25, -0.2) is 4.79 Å². The number of rotatable bonds is 2. The number of carbonyl (C=O) groups excluding carboxylic acids is 1. The molecular formula is C17H13Cl2F3N2OS. The van der Waals surface area contributed by atoms with Gasteiger partial charge in [-0.15, -0.1) is 11.8 Å². The minimum absolute atomic E-state index is 0.288. The molecule has 1 N–H and O–H groups in total. The van der Waals surface area contributed by atoms with Crippen LogP contribution in [0, 0.1) is 0 Å². The highest BCUT2D eigenvalue weighted by molar-refractivity contribution is 7.99. The molecular weight excluding hydrogens is 408 g/mol. The molecule has 138 valence electrons. The van der Waals surface area contributed by atoms with Gasteiger partial charge in [0.05, 0.1) is 15.6 Å². The summed E-state index contributed by atoms with van der Waals surface area (Å²) >= 11 is 13.8. The third-order valence-corrected chi connectivity index (χ3v) is 5.94. The number of halogens is 5. The lowest BCUT2D eigenvalue weighted by Crippen LogP contribution is -2.34. The van der Waals surface area contributed by atoms with Gasteiger partial charge in [0.15, 0.2) is 0 Å². The lowest BCUT2D eigenvalue weighted by Gasteiger charge is -2.25. The lowest BCUT2D eigenvalue weighted by molar-refractivity contribution is -0.137. The Bertz CT molecular complexity index is 815. The summed E-state index contributed by atoms with van der Waals surface area (Å²) in [6.07, 6.45) is -4.41. The Morgan fingerprint density at radius 1 is 1.15 bits per heavy atom. The third-order valence-electron chi connectivity index (χ3n) is 3.86. The first kappa shape index (κ1) is 19.2. The van der Waals surface area contributed by atoms with E-state index in [4.69, 9.17) is 23.2 Å². The number of nitrogens with one attached hydrogen (secondary N) is 1. The second-order valence-electron chi connectivity index (χ2n) is 5.56. The van der Waals surface area contributed by atoms with Crippen LogP contribution in [0.1, 0.15) is 16.5 Å². The Hall–Kier alpha value is -1.57. The second kappa shape index (κ2) is 7.58. The average molecular weight is 421 g/mol. The molecule has 0 aliphatic carbocycles. The van der Waals surface area contributed by atoms with Gasteiger partial charge in [-0.05, 0) is 30.3 Å². The van der Waals surface area contributed by atoms with E-state index in [1.807, 2.05) is 0 Å². The molecule has 0 radical (unpaired) electrons. The zero-order valence-corrected chi connectivity index (χ0v) is 15.5. The van der Waals surface area contributed by atoms with Gasteiger partial charge in [0.25, 0.3) is 0 Å². The molecule has 1 heterocycles. The maximum absolute atomic E-state index is 12.6. The number of hydrogen-bond donors (Lipinski definition) is 1. The fourth-order valence-corrected chi connectivity index (χ4v) is 4.34. The largest absolute Gasteiger partial charge is 0.416 e. The van der Waals surface area contributed by atoms with Crippen LogP contribution in [0.5, 0.6) is 0 Å². The Labute approximate surface area is 162 Å². The molecule has 1 saturated heterocycles. The summed E-state index contributed by atoms with van der Waals surface area (Å²) in [7, 11) is 0. The molecule has 1 aliphatic heterocycles. The molecule has 2 aromatic carbocycles. The number of carbonyl (C=O) groups is 1. The van der Waals surface area contributed by atoms with Crippen molar-refractivity contribution in [3.63, 3.8) is 0 Å². The molecule has 9 heteroatoms. The topological polar surface area (TPSA) is 32.3 Å². The molecule has 0 unspecified atom stereocenters. The highest BCUT2D eigenvalue weighted by Gasteiger charge is 2.33. The number of anilines is 1. The van der Waals surface area contributed by atoms with E-state index in [-0.39, 0.29) is 11.1 Å². The van der Waals surface area contributed by atoms with Crippen molar-refractivity contribution in [3.05, 3.63) is 63.6 Å². The third kappa shape index (κ3) is 4.05. The van der Waals surface area contributed by atoms with Crippen LogP contribution >= 0.6 is 35.0 Å². The van der Waals surface area contributed by atoms with Crippen molar-refractivity contribution in [3.8, 4) is 0 Å². The molecule has 2 aromatic rings. The Morgan fingerprint density at radius 3 is 2.50 bits per heavy atom. The van der Waals surface area contributed by atoms with Crippen LogP contribution in [0.3, 0.4) is 0 Å². The fourth-order valence-electron chi connectivity index (χ4n) is 2.58. The number of urea groups is 1. The van der Waals surface area contributed by atoms with Crippen molar-refractivity contribution >= 4 is 46.7 Å². The molecule has 1 atom stereocenters. The number of benzene rings is 2. The molecule has 26 heavy (non-hydrogen) atoms. The van der Waals surface area contributed by atoms with Gasteiger partial charge in [-0.1, -0.05) is 35.3 Å². The lowest BCUT2D eigenvalue weighted by atomic mass is 10.2. The number of amides is 2. The second-order valence-corrected chi connectivity index (χ2v) is 7.54. The number of hydrogen-bond acceptors (Lipinski definition) is 2. The maximum Gasteiger partial charge on any atom is 0.416 e. The standard InChI is InChI=1S/C17H13Cl2F3N2OS/c18-13-3-1-2-12(14(13)19)15-24(8-9-26-15)16(25)23-11-6-4-10(5-7-11)17(20,21)22/h1-7,15H,8-9H2,(H,23,25)/t15-/m1/s1. The van der Waals surface area contributed by atoms with E-state index in [1.54, 1.807) is 34.9 Å². The minimum atomic E-state index is -4.41. The Balaban J connectivity index is 1.75. The van der Waals surface area contributed by atoms with Crippen molar-refractivity contribution in [2.75, 3.05) is 17.6 Å². The van der Waals surface area contributed by atoms with Crippen molar-refractivity contribution < 1.29 is 18.0 Å². The summed E-state index contributed by atoms with van der Waals surface area (Å²) in [6.45, 7) is 0.491. The summed E-state index contributed by atoms with van der Waals surface area (Å²) in [6, 6.07) is 9.13. The Kier molecular flexibility index (Phi) is 5.60. The number of nitrogens with zero attached hydrogens (tertiary/aromatic N) is 1. The molecule has 0 saturated carbocycles. The zero-order valence-electron chi connectivity index (χ0n) is 13.2. The van der Waals surface area contributed by atoms with Gasteiger partial charge >= 0.3 is 12.2 Å². The van der Waals surface area contributed by atoms with Gasteiger partial charge in [-0.3, -0.25) is 0 Å². The summed E-state index contributed by atoms with van der Waals surface area (Å²) in [4.78, 5) is 14.2. The van der Waals surface area contributed by atoms with Crippen LogP contribution in [-0.2, 0) is 6.18 Å². The highest BCUT2D eigenvalue weighted by atomic mass is 35.5. The molecule has 3 rings (SSSR count). The Morgan fingerprint density at radius 2 is 1.85 bits per heavy atom. The minimum Gasteiger partial charge on any atom is -0.308 e. The predicted molar refractivity (Wildman–Crippen MR) is 98.8 cm³/mol. The average Bonchev–Trinajstić information content (AvgIpc) is 3.06. The van der Waals surface area contributed by atoms with Crippen molar-refractivity contribution in [1.82, 2.24) is 4.90 Å². The van der Waals surface area contributed by atoms with E-state index < -0.39 is 17.8 Å². The molecule has 1 aliphatic rings. The monoisotopic (exact) mass is 420 g/mol. The molecule has 2 amide bonds. The van der Waals surface area contributed by atoms with Gasteiger partial charge in [-0.2, -0.15) is 13.2 Å². The van der Waals surface area contributed by atoms with Gasteiger partial charge in [0.1, 0.15) is 5.37 Å². The van der Waals surface area contributed by atoms with Crippen LogP contribution in [-0.4, -0.2) is 23.2 Å². The van der Waals surface area contributed by atoms with E-state index in [2.05, 4.69) is 5.32 Å². The summed E-state index contributed by atoms with van der Waals surface area (Å²) < 4.78 is 37.8. The summed E-state index contributed by atoms with van der Waals surface area (Å²) in [5.74, 6) is 0.716. The van der Waals surface area contributed by atoms with E-state index >= 15 is 0 Å². The quantitative estimate of drug-likeness (QED) is 0.618. The SMILES string of the molecule is O=C(Nc1ccc(C(F)(F)F)cc1)N1CCS[C@@H]1c1cccc(Cl)c1Cl. The number of thioether (sulfide) groups is 1. The molecule has 1 fully saturated rings. The smallest absolute Gasteiger partial charge is 0.308 e. The van der Waals surface area contributed by atoms with E-state index in [9.17, 15) is 18.0 Å². The fraction of sp³-hybridized carbons (Fsp3) is 0.235.